The van der Waals surface area contributed by atoms with Gasteiger partial charge >= 0.3 is 0 Å². The molecule has 0 aliphatic carbocycles. The molecule has 8 heteroatoms. The Balaban J connectivity index is 1.83. The highest BCUT2D eigenvalue weighted by Gasteiger charge is 2.10. The highest BCUT2D eigenvalue weighted by atomic mass is 32.1. The molecule has 2 rings (SSSR count). The van der Waals surface area contributed by atoms with Crippen molar-refractivity contribution in [2.24, 2.45) is 0 Å². The number of hydrogen-bond acceptors (Lipinski definition) is 6. The second-order valence-corrected chi connectivity index (χ2v) is 7.10. The number of carbonyl (C=O) groups is 1. The van der Waals surface area contributed by atoms with E-state index in [0.29, 0.717) is 49.2 Å². The van der Waals surface area contributed by atoms with Crippen LogP contribution in [0, 0.1) is 0 Å². The first kappa shape index (κ1) is 24.4. The zero-order valence-electron chi connectivity index (χ0n) is 18.2. The Morgan fingerprint density at radius 2 is 1.74 bits per heavy atom. The second-order valence-electron chi connectivity index (χ2n) is 6.69. The monoisotopic (exact) mass is 446 g/mol. The molecule has 2 aromatic carbocycles. The van der Waals surface area contributed by atoms with E-state index in [4.69, 9.17) is 31.2 Å². The number of rotatable bonds is 12. The molecule has 0 bridgehead atoms. The molecule has 0 heterocycles. The van der Waals surface area contributed by atoms with Crippen molar-refractivity contribution >= 4 is 23.2 Å². The topological polar surface area (TPSA) is 78.1 Å². The maximum absolute atomic E-state index is 12.4. The van der Waals surface area contributed by atoms with Crippen LogP contribution in [0.4, 0.5) is 0 Å². The quantitative estimate of drug-likeness (QED) is 0.380. The van der Waals surface area contributed by atoms with Gasteiger partial charge in [0.15, 0.2) is 16.6 Å². The van der Waals surface area contributed by atoms with Crippen molar-refractivity contribution < 1.29 is 23.7 Å². The Hall–Kier alpha value is -2.84. The molecule has 0 aliphatic rings. The van der Waals surface area contributed by atoms with Gasteiger partial charge in [0, 0.05) is 19.2 Å². The summed E-state index contributed by atoms with van der Waals surface area (Å²) < 4.78 is 21.6. The van der Waals surface area contributed by atoms with E-state index in [1.165, 1.54) is 0 Å². The molecule has 1 amide bonds. The van der Waals surface area contributed by atoms with Gasteiger partial charge in [-0.05, 0) is 60.6 Å². The van der Waals surface area contributed by atoms with E-state index in [1.807, 2.05) is 18.2 Å². The summed E-state index contributed by atoms with van der Waals surface area (Å²) in [5, 5.41) is 5.95. The van der Waals surface area contributed by atoms with Crippen LogP contribution in [0.15, 0.2) is 42.5 Å². The van der Waals surface area contributed by atoms with Gasteiger partial charge in [0.1, 0.15) is 12.4 Å². The number of hydrogen-bond donors (Lipinski definition) is 2. The van der Waals surface area contributed by atoms with E-state index in [-0.39, 0.29) is 11.0 Å². The molecule has 31 heavy (non-hydrogen) atoms. The van der Waals surface area contributed by atoms with Crippen LogP contribution in [0.1, 0.15) is 35.7 Å². The molecule has 2 N–H and O–H groups in total. The molecule has 7 nitrogen and oxygen atoms in total. The number of benzene rings is 2. The van der Waals surface area contributed by atoms with Gasteiger partial charge in [0.2, 0.25) is 0 Å². The van der Waals surface area contributed by atoms with Crippen LogP contribution in [0.5, 0.6) is 17.2 Å². The molecule has 0 aliphatic heterocycles. The molecule has 0 fully saturated rings. The van der Waals surface area contributed by atoms with Crippen LogP contribution in [0.2, 0.25) is 0 Å². The summed E-state index contributed by atoms with van der Waals surface area (Å²) in [5.74, 6) is 1.76. The highest BCUT2D eigenvalue weighted by Crippen LogP contribution is 2.28. The molecular formula is C23H30N2O5S. The molecule has 0 spiro atoms. The Morgan fingerprint density at radius 1 is 0.968 bits per heavy atom. The Bertz CT molecular complexity index is 842. The molecule has 0 saturated carbocycles. The summed E-state index contributed by atoms with van der Waals surface area (Å²) in [6.45, 7) is 4.16. The van der Waals surface area contributed by atoms with Crippen LogP contribution in [-0.2, 0) is 11.3 Å². The summed E-state index contributed by atoms with van der Waals surface area (Å²) in [6.07, 6.45) is 2.06. The summed E-state index contributed by atoms with van der Waals surface area (Å²) in [6, 6.07) is 12.5. The standard InChI is InChI=1S/C23H30N2O5S/c1-4-5-12-30-20-11-6-17(15-21(20)28-3)16-24-23(31)25-22(26)18-7-9-19(10-8-18)29-14-13-27-2/h6-11,15H,4-5,12-14,16H2,1-3H3,(H2,24,25,26,31). The van der Waals surface area contributed by atoms with Gasteiger partial charge in [-0.3, -0.25) is 10.1 Å². The normalized spacial score (nSPS) is 10.3. The Kier molecular flexibility index (Phi) is 10.6. The van der Waals surface area contributed by atoms with E-state index in [9.17, 15) is 4.79 Å². The van der Waals surface area contributed by atoms with Crippen LogP contribution in [0.25, 0.3) is 0 Å². The number of carbonyl (C=O) groups excluding carboxylic acids is 1. The molecule has 0 aromatic heterocycles. The van der Waals surface area contributed by atoms with Crippen molar-refractivity contribution in [1.82, 2.24) is 10.6 Å². The smallest absolute Gasteiger partial charge is 0.257 e. The van der Waals surface area contributed by atoms with Crippen molar-refractivity contribution in [1.29, 1.82) is 0 Å². The van der Waals surface area contributed by atoms with Crippen LogP contribution in [0.3, 0.4) is 0 Å². The zero-order valence-corrected chi connectivity index (χ0v) is 19.1. The molecule has 0 unspecified atom stereocenters. The number of methoxy groups -OCH3 is 2. The first-order chi connectivity index (χ1) is 15.1. The Morgan fingerprint density at radius 3 is 2.42 bits per heavy atom. The third-order valence-corrected chi connectivity index (χ3v) is 4.58. The summed E-state index contributed by atoms with van der Waals surface area (Å²) in [7, 11) is 3.22. The minimum absolute atomic E-state index is 0.243. The number of thiocarbonyl (C=S) groups is 1. The lowest BCUT2D eigenvalue weighted by Crippen LogP contribution is -2.38. The lowest BCUT2D eigenvalue weighted by atomic mass is 10.2. The maximum Gasteiger partial charge on any atom is 0.257 e. The van der Waals surface area contributed by atoms with Gasteiger partial charge in [0.25, 0.3) is 5.91 Å². The van der Waals surface area contributed by atoms with Crippen LogP contribution >= 0.6 is 12.2 Å². The minimum Gasteiger partial charge on any atom is -0.493 e. The van der Waals surface area contributed by atoms with Crippen LogP contribution in [-0.4, -0.2) is 45.1 Å². The highest BCUT2D eigenvalue weighted by molar-refractivity contribution is 7.80. The predicted octanol–water partition coefficient (Wildman–Crippen LogP) is 3.70. The van der Waals surface area contributed by atoms with Crippen molar-refractivity contribution in [3.05, 3.63) is 53.6 Å². The van der Waals surface area contributed by atoms with E-state index in [1.54, 1.807) is 38.5 Å². The van der Waals surface area contributed by atoms with Gasteiger partial charge < -0.3 is 24.3 Å². The summed E-state index contributed by atoms with van der Waals surface area (Å²) in [5.41, 5.74) is 1.44. The number of nitrogens with one attached hydrogen (secondary N) is 2. The fraction of sp³-hybridized carbons (Fsp3) is 0.391. The molecule has 0 radical (unpaired) electrons. The van der Waals surface area contributed by atoms with Crippen LogP contribution < -0.4 is 24.8 Å². The minimum atomic E-state index is -0.293. The van der Waals surface area contributed by atoms with E-state index in [0.717, 1.165) is 18.4 Å². The molecule has 0 atom stereocenters. The van der Waals surface area contributed by atoms with E-state index in [2.05, 4.69) is 17.6 Å². The van der Waals surface area contributed by atoms with Crippen molar-refractivity contribution in [2.75, 3.05) is 34.0 Å². The largest absolute Gasteiger partial charge is 0.493 e. The third kappa shape index (κ3) is 8.43. The zero-order chi connectivity index (χ0) is 22.5. The average Bonchev–Trinajstić information content (AvgIpc) is 2.79. The van der Waals surface area contributed by atoms with Crippen molar-refractivity contribution in [3.8, 4) is 17.2 Å². The second kappa shape index (κ2) is 13.5. The van der Waals surface area contributed by atoms with Crippen molar-refractivity contribution in [2.45, 2.75) is 26.3 Å². The first-order valence-corrected chi connectivity index (χ1v) is 10.6. The number of ether oxygens (including phenoxy) is 4. The van der Waals surface area contributed by atoms with Gasteiger partial charge in [-0.1, -0.05) is 19.4 Å². The lowest BCUT2D eigenvalue weighted by Gasteiger charge is -2.13. The average molecular weight is 447 g/mol. The molecule has 168 valence electrons. The first-order valence-electron chi connectivity index (χ1n) is 10.2. The SMILES string of the molecule is CCCCOc1ccc(CNC(=S)NC(=O)c2ccc(OCCOC)cc2)cc1OC. The lowest BCUT2D eigenvalue weighted by molar-refractivity contribution is 0.0976. The fourth-order valence-corrected chi connectivity index (χ4v) is 2.78. The third-order valence-electron chi connectivity index (χ3n) is 4.34. The summed E-state index contributed by atoms with van der Waals surface area (Å²) in [4.78, 5) is 12.4. The molecular weight excluding hydrogens is 416 g/mol. The maximum atomic E-state index is 12.4. The number of unbranched alkanes of at least 4 members (excludes halogenated alkanes) is 1. The summed E-state index contributed by atoms with van der Waals surface area (Å²) >= 11 is 5.25. The van der Waals surface area contributed by atoms with Gasteiger partial charge in [-0.25, -0.2) is 0 Å². The molecule has 2 aromatic rings. The van der Waals surface area contributed by atoms with Crippen molar-refractivity contribution in [3.63, 3.8) is 0 Å². The van der Waals surface area contributed by atoms with Gasteiger partial charge in [-0.15, -0.1) is 0 Å². The van der Waals surface area contributed by atoms with E-state index >= 15 is 0 Å². The van der Waals surface area contributed by atoms with Gasteiger partial charge in [0.05, 0.1) is 20.3 Å². The fourth-order valence-electron chi connectivity index (χ4n) is 2.61. The predicted molar refractivity (Wildman–Crippen MR) is 124 cm³/mol. The Labute approximate surface area is 189 Å². The van der Waals surface area contributed by atoms with Gasteiger partial charge in [-0.2, -0.15) is 0 Å². The number of amides is 1. The van der Waals surface area contributed by atoms with E-state index < -0.39 is 0 Å². The molecule has 0 saturated heterocycles.